The molecular weight excluding hydrogens is 220 g/mol. The second-order valence-electron chi connectivity index (χ2n) is 3.88. The van der Waals surface area contributed by atoms with Crippen LogP contribution in [0.3, 0.4) is 0 Å². The monoisotopic (exact) mass is 234 g/mol. The van der Waals surface area contributed by atoms with Crippen molar-refractivity contribution in [2.24, 2.45) is 0 Å². The standard InChI is InChI=1S/C11H14N4O2/c1-6-4-15(7(2)11(16)17-3)10-8(6)9(12)13-5-14-10/h4-5,7H,1-3H3,(H2,12,13,14). The Balaban J connectivity index is 2.64. The van der Waals surface area contributed by atoms with Crippen LogP contribution in [0.1, 0.15) is 18.5 Å². The van der Waals surface area contributed by atoms with Crippen molar-refractivity contribution in [2.75, 3.05) is 12.8 Å². The summed E-state index contributed by atoms with van der Waals surface area (Å²) < 4.78 is 6.46. The minimum atomic E-state index is -0.439. The molecule has 0 fully saturated rings. The van der Waals surface area contributed by atoms with E-state index < -0.39 is 6.04 Å². The minimum absolute atomic E-state index is 0.320. The highest BCUT2D eigenvalue weighted by Gasteiger charge is 2.20. The van der Waals surface area contributed by atoms with Gasteiger partial charge in [-0.15, -0.1) is 0 Å². The highest BCUT2D eigenvalue weighted by atomic mass is 16.5. The molecule has 6 nitrogen and oxygen atoms in total. The zero-order valence-corrected chi connectivity index (χ0v) is 9.97. The van der Waals surface area contributed by atoms with Gasteiger partial charge in [-0.3, -0.25) is 0 Å². The van der Waals surface area contributed by atoms with Crippen molar-refractivity contribution in [2.45, 2.75) is 19.9 Å². The summed E-state index contributed by atoms with van der Waals surface area (Å²) in [6, 6.07) is -0.439. The van der Waals surface area contributed by atoms with Crippen molar-refractivity contribution in [3.63, 3.8) is 0 Å². The molecule has 0 saturated carbocycles. The topological polar surface area (TPSA) is 83.0 Å². The van der Waals surface area contributed by atoms with Crippen LogP contribution in [0.2, 0.25) is 0 Å². The molecule has 0 bridgehead atoms. The number of hydrogen-bond donors (Lipinski definition) is 1. The number of nitrogens with zero attached hydrogens (tertiary/aromatic N) is 3. The van der Waals surface area contributed by atoms with Gasteiger partial charge in [0.1, 0.15) is 23.8 Å². The van der Waals surface area contributed by atoms with E-state index in [4.69, 9.17) is 10.5 Å². The Kier molecular flexibility index (Phi) is 2.71. The van der Waals surface area contributed by atoms with Crippen molar-refractivity contribution in [3.8, 4) is 0 Å². The molecule has 2 aromatic rings. The summed E-state index contributed by atoms with van der Waals surface area (Å²) in [4.78, 5) is 19.6. The summed E-state index contributed by atoms with van der Waals surface area (Å²) in [5.41, 5.74) is 7.38. The first-order valence-corrected chi connectivity index (χ1v) is 5.21. The highest BCUT2D eigenvalue weighted by Crippen LogP contribution is 2.25. The third kappa shape index (κ3) is 1.71. The Bertz CT molecular complexity index is 576. The number of esters is 1. The first-order valence-electron chi connectivity index (χ1n) is 5.21. The number of fused-ring (bicyclic) bond motifs is 1. The predicted octanol–water partition coefficient (Wildman–Crippen LogP) is 1.06. The van der Waals surface area contributed by atoms with Crippen LogP contribution in [0.25, 0.3) is 11.0 Å². The lowest BCUT2D eigenvalue weighted by Crippen LogP contribution is -2.17. The Morgan fingerprint density at radius 2 is 2.24 bits per heavy atom. The fourth-order valence-electron chi connectivity index (χ4n) is 1.88. The number of anilines is 1. The van der Waals surface area contributed by atoms with Crippen molar-refractivity contribution < 1.29 is 9.53 Å². The molecule has 6 heteroatoms. The zero-order chi connectivity index (χ0) is 12.6. The van der Waals surface area contributed by atoms with E-state index in [1.54, 1.807) is 11.5 Å². The average molecular weight is 234 g/mol. The number of nitrogens with two attached hydrogens (primary N) is 1. The number of carbonyl (C=O) groups is 1. The summed E-state index contributed by atoms with van der Waals surface area (Å²) in [5, 5.41) is 0.781. The zero-order valence-electron chi connectivity index (χ0n) is 9.97. The molecule has 2 N–H and O–H groups in total. The molecule has 0 spiro atoms. The summed E-state index contributed by atoms with van der Waals surface area (Å²) >= 11 is 0. The normalized spacial score (nSPS) is 12.6. The molecule has 90 valence electrons. The Labute approximate surface area is 98.4 Å². The lowest BCUT2D eigenvalue weighted by molar-refractivity contribution is -0.143. The largest absolute Gasteiger partial charge is 0.467 e. The summed E-state index contributed by atoms with van der Waals surface area (Å²) in [6.45, 7) is 3.66. The van der Waals surface area contributed by atoms with E-state index in [-0.39, 0.29) is 5.97 Å². The maximum atomic E-state index is 11.5. The van der Waals surface area contributed by atoms with Gasteiger partial charge in [-0.1, -0.05) is 0 Å². The third-order valence-corrected chi connectivity index (χ3v) is 2.79. The van der Waals surface area contributed by atoms with Crippen LogP contribution in [0.4, 0.5) is 5.82 Å². The first-order chi connectivity index (χ1) is 8.06. The van der Waals surface area contributed by atoms with Crippen LogP contribution < -0.4 is 5.73 Å². The van der Waals surface area contributed by atoms with Gasteiger partial charge in [-0.25, -0.2) is 14.8 Å². The van der Waals surface area contributed by atoms with Crippen LogP contribution in [-0.2, 0) is 9.53 Å². The number of methoxy groups -OCH3 is 1. The molecule has 2 rings (SSSR count). The average Bonchev–Trinajstić information content (AvgIpc) is 2.66. The van der Waals surface area contributed by atoms with Crippen LogP contribution in [0.5, 0.6) is 0 Å². The van der Waals surface area contributed by atoms with Crippen LogP contribution in [-0.4, -0.2) is 27.6 Å². The molecule has 0 aliphatic carbocycles. The molecule has 2 aromatic heterocycles. The third-order valence-electron chi connectivity index (χ3n) is 2.79. The van der Waals surface area contributed by atoms with E-state index in [0.717, 1.165) is 10.9 Å². The van der Waals surface area contributed by atoms with Crippen molar-refractivity contribution in [3.05, 3.63) is 18.1 Å². The van der Waals surface area contributed by atoms with Crippen LogP contribution >= 0.6 is 0 Å². The Morgan fingerprint density at radius 1 is 1.53 bits per heavy atom. The molecule has 0 aliphatic heterocycles. The maximum Gasteiger partial charge on any atom is 0.328 e. The second kappa shape index (κ2) is 4.04. The van der Waals surface area contributed by atoms with E-state index in [9.17, 15) is 4.79 Å². The van der Waals surface area contributed by atoms with Gasteiger partial charge in [0.05, 0.1) is 12.5 Å². The number of ether oxygens (including phenoxy) is 1. The lowest BCUT2D eigenvalue weighted by Gasteiger charge is -2.11. The molecule has 0 aliphatic rings. The maximum absolute atomic E-state index is 11.5. The van der Waals surface area contributed by atoms with Crippen molar-refractivity contribution >= 4 is 22.8 Å². The predicted molar refractivity (Wildman–Crippen MR) is 63.4 cm³/mol. The molecule has 0 saturated heterocycles. The number of nitrogen functional groups attached to an aromatic ring is 1. The van der Waals surface area contributed by atoms with Gasteiger partial charge in [0.2, 0.25) is 0 Å². The summed E-state index contributed by atoms with van der Waals surface area (Å²) in [6.07, 6.45) is 3.22. The number of rotatable bonds is 2. The van der Waals surface area contributed by atoms with Crippen molar-refractivity contribution in [1.29, 1.82) is 0 Å². The van der Waals surface area contributed by atoms with Crippen LogP contribution in [0, 0.1) is 6.92 Å². The fourth-order valence-corrected chi connectivity index (χ4v) is 1.88. The number of carbonyl (C=O) groups excluding carboxylic acids is 1. The molecule has 0 amide bonds. The highest BCUT2D eigenvalue weighted by molar-refractivity contribution is 5.90. The molecular formula is C11H14N4O2. The first kappa shape index (κ1) is 11.4. The fraction of sp³-hybridized carbons (Fsp3) is 0.364. The molecule has 17 heavy (non-hydrogen) atoms. The van der Waals surface area contributed by atoms with Gasteiger partial charge in [-0.05, 0) is 19.4 Å². The van der Waals surface area contributed by atoms with Gasteiger partial charge in [0.25, 0.3) is 0 Å². The smallest absolute Gasteiger partial charge is 0.328 e. The van der Waals surface area contributed by atoms with E-state index in [2.05, 4.69) is 9.97 Å². The molecule has 2 heterocycles. The van der Waals surface area contributed by atoms with E-state index in [1.807, 2.05) is 13.1 Å². The van der Waals surface area contributed by atoms with Gasteiger partial charge >= 0.3 is 5.97 Å². The van der Waals surface area contributed by atoms with Gasteiger partial charge in [0, 0.05) is 6.20 Å². The molecule has 0 radical (unpaired) electrons. The van der Waals surface area contributed by atoms with Gasteiger partial charge in [-0.2, -0.15) is 0 Å². The minimum Gasteiger partial charge on any atom is -0.467 e. The quantitative estimate of drug-likeness (QED) is 0.785. The Hall–Kier alpha value is -2.11. The van der Waals surface area contributed by atoms with E-state index in [0.29, 0.717) is 11.5 Å². The molecule has 1 atom stereocenters. The van der Waals surface area contributed by atoms with Gasteiger partial charge < -0.3 is 15.0 Å². The Morgan fingerprint density at radius 3 is 2.88 bits per heavy atom. The molecule has 1 unspecified atom stereocenters. The van der Waals surface area contributed by atoms with Gasteiger partial charge in [0.15, 0.2) is 0 Å². The number of aromatic nitrogens is 3. The van der Waals surface area contributed by atoms with Crippen LogP contribution in [0.15, 0.2) is 12.5 Å². The summed E-state index contributed by atoms with van der Waals surface area (Å²) in [7, 11) is 1.36. The summed E-state index contributed by atoms with van der Waals surface area (Å²) in [5.74, 6) is 0.0994. The van der Waals surface area contributed by atoms with E-state index >= 15 is 0 Å². The van der Waals surface area contributed by atoms with E-state index in [1.165, 1.54) is 13.4 Å². The number of hydrogen-bond acceptors (Lipinski definition) is 5. The van der Waals surface area contributed by atoms with Crippen molar-refractivity contribution in [1.82, 2.24) is 14.5 Å². The second-order valence-corrected chi connectivity index (χ2v) is 3.88. The molecule has 0 aromatic carbocycles. The lowest BCUT2D eigenvalue weighted by atomic mass is 10.2. The SMILES string of the molecule is COC(=O)C(C)n1cc(C)c2c(N)ncnc21. The number of aryl methyl sites for hydroxylation is 1.